The Labute approximate surface area is 128 Å². The quantitative estimate of drug-likeness (QED) is 0.901. The Balaban J connectivity index is 1.93. The molecular formula is C15H20ClFN2O2. The molecule has 2 amide bonds. The van der Waals surface area contributed by atoms with Crippen molar-refractivity contribution >= 4 is 17.6 Å². The van der Waals surface area contributed by atoms with Gasteiger partial charge in [-0.25, -0.2) is 9.18 Å². The van der Waals surface area contributed by atoms with E-state index in [9.17, 15) is 9.18 Å². The van der Waals surface area contributed by atoms with Gasteiger partial charge < -0.3 is 15.3 Å². The molecule has 2 N–H and O–H groups in total. The summed E-state index contributed by atoms with van der Waals surface area (Å²) in [5.41, 5.74) is 0.691. The molecular weight excluding hydrogens is 295 g/mol. The first-order valence-electron chi connectivity index (χ1n) is 7.12. The van der Waals surface area contributed by atoms with E-state index in [0.29, 0.717) is 23.7 Å². The molecule has 1 aromatic rings. The lowest BCUT2D eigenvalue weighted by atomic mass is 9.98. The highest BCUT2D eigenvalue weighted by atomic mass is 35.5. The summed E-state index contributed by atoms with van der Waals surface area (Å²) in [5.74, 6) is -0.105. The molecule has 21 heavy (non-hydrogen) atoms. The molecule has 0 aliphatic carbocycles. The first-order valence-corrected chi connectivity index (χ1v) is 7.50. The number of benzene rings is 1. The predicted octanol–water partition coefficient (Wildman–Crippen LogP) is 2.95. The summed E-state index contributed by atoms with van der Waals surface area (Å²) in [5, 5.41) is 12.3. The zero-order valence-corrected chi connectivity index (χ0v) is 12.7. The number of urea groups is 1. The number of likely N-dealkylation sites (tertiary alicyclic amines) is 1. The normalized spacial score (nSPS) is 17.6. The summed E-state index contributed by atoms with van der Waals surface area (Å²) >= 11 is 6.00. The number of amides is 2. The highest BCUT2D eigenvalue weighted by Gasteiger charge is 2.23. The predicted molar refractivity (Wildman–Crippen MR) is 79.7 cm³/mol. The van der Waals surface area contributed by atoms with E-state index < -0.39 is 5.82 Å². The topological polar surface area (TPSA) is 52.6 Å². The van der Waals surface area contributed by atoms with Gasteiger partial charge in [0.1, 0.15) is 5.82 Å². The Morgan fingerprint density at radius 2 is 2.19 bits per heavy atom. The summed E-state index contributed by atoms with van der Waals surface area (Å²) in [7, 11) is 0. The Morgan fingerprint density at radius 3 is 2.76 bits per heavy atom. The van der Waals surface area contributed by atoms with E-state index in [4.69, 9.17) is 16.7 Å². The van der Waals surface area contributed by atoms with Gasteiger partial charge in [-0.3, -0.25) is 0 Å². The molecule has 116 valence electrons. The molecule has 1 aliphatic heterocycles. The summed E-state index contributed by atoms with van der Waals surface area (Å²) in [6, 6.07) is 3.71. The smallest absolute Gasteiger partial charge is 0.317 e. The summed E-state index contributed by atoms with van der Waals surface area (Å²) in [6.45, 7) is 3.27. The first kappa shape index (κ1) is 16.0. The van der Waals surface area contributed by atoms with Gasteiger partial charge in [0, 0.05) is 24.7 Å². The van der Waals surface area contributed by atoms with Crippen LogP contribution in [0.4, 0.5) is 9.18 Å². The van der Waals surface area contributed by atoms with Gasteiger partial charge >= 0.3 is 6.03 Å². The van der Waals surface area contributed by atoms with E-state index >= 15 is 0 Å². The lowest BCUT2D eigenvalue weighted by Crippen LogP contribution is -2.45. The number of rotatable bonds is 3. The first-order chi connectivity index (χ1) is 10.0. The molecule has 0 spiro atoms. The van der Waals surface area contributed by atoms with Crippen molar-refractivity contribution in [2.75, 3.05) is 19.7 Å². The third-order valence-corrected chi connectivity index (χ3v) is 4.26. The van der Waals surface area contributed by atoms with E-state index in [-0.39, 0.29) is 24.6 Å². The largest absolute Gasteiger partial charge is 0.396 e. The fourth-order valence-corrected chi connectivity index (χ4v) is 2.86. The molecule has 1 atom stereocenters. The van der Waals surface area contributed by atoms with Crippen molar-refractivity contribution < 1.29 is 14.3 Å². The van der Waals surface area contributed by atoms with Crippen molar-refractivity contribution in [2.45, 2.75) is 25.8 Å². The Hall–Kier alpha value is -1.33. The molecule has 2 rings (SSSR count). The Kier molecular flexibility index (Phi) is 5.42. The molecule has 0 bridgehead atoms. The van der Waals surface area contributed by atoms with Crippen molar-refractivity contribution in [2.24, 2.45) is 5.92 Å². The lowest BCUT2D eigenvalue weighted by Gasteiger charge is -2.32. The Morgan fingerprint density at radius 1 is 1.52 bits per heavy atom. The Bertz CT molecular complexity index is 504. The SMILES string of the molecule is CC(NC(=O)N1CCC(CO)CC1)c1ccc(F)cc1Cl. The summed E-state index contributed by atoms with van der Waals surface area (Å²) < 4.78 is 13.0. The molecule has 0 saturated carbocycles. The van der Waals surface area contributed by atoms with Crippen molar-refractivity contribution in [1.29, 1.82) is 0 Å². The minimum absolute atomic E-state index is 0.153. The number of piperidine rings is 1. The zero-order chi connectivity index (χ0) is 15.4. The summed E-state index contributed by atoms with van der Waals surface area (Å²) in [6.07, 6.45) is 1.63. The van der Waals surface area contributed by atoms with Gasteiger partial charge in [-0.05, 0) is 43.4 Å². The number of aliphatic hydroxyl groups is 1. The minimum Gasteiger partial charge on any atom is -0.396 e. The number of carbonyl (C=O) groups excluding carboxylic acids is 1. The monoisotopic (exact) mass is 314 g/mol. The summed E-state index contributed by atoms with van der Waals surface area (Å²) in [4.78, 5) is 13.9. The molecule has 0 aromatic heterocycles. The number of nitrogens with zero attached hydrogens (tertiary/aromatic N) is 1. The number of hydrogen-bond donors (Lipinski definition) is 2. The van der Waals surface area contributed by atoms with Gasteiger partial charge in [-0.1, -0.05) is 17.7 Å². The molecule has 1 aliphatic rings. The van der Waals surface area contributed by atoms with Gasteiger partial charge in [-0.2, -0.15) is 0 Å². The van der Waals surface area contributed by atoms with Crippen LogP contribution in [0.5, 0.6) is 0 Å². The zero-order valence-electron chi connectivity index (χ0n) is 12.0. The molecule has 1 aromatic carbocycles. The minimum atomic E-state index is -0.395. The third kappa shape index (κ3) is 4.08. The standard InChI is InChI=1S/C15H20ClFN2O2/c1-10(13-3-2-12(17)8-14(13)16)18-15(21)19-6-4-11(9-20)5-7-19/h2-3,8,10-11,20H,4-7,9H2,1H3,(H,18,21). The fourth-order valence-electron chi connectivity index (χ4n) is 2.53. The molecule has 0 radical (unpaired) electrons. The maximum Gasteiger partial charge on any atom is 0.317 e. The van der Waals surface area contributed by atoms with E-state index in [1.807, 2.05) is 6.92 Å². The molecule has 1 fully saturated rings. The third-order valence-electron chi connectivity index (χ3n) is 3.93. The van der Waals surface area contributed by atoms with Crippen LogP contribution in [0.1, 0.15) is 31.4 Å². The second-order valence-corrected chi connectivity index (χ2v) is 5.86. The van der Waals surface area contributed by atoms with E-state index in [1.165, 1.54) is 12.1 Å². The number of nitrogens with one attached hydrogen (secondary N) is 1. The highest BCUT2D eigenvalue weighted by molar-refractivity contribution is 6.31. The van der Waals surface area contributed by atoms with Crippen LogP contribution in [0.25, 0.3) is 0 Å². The van der Waals surface area contributed by atoms with Crippen LogP contribution in [-0.2, 0) is 0 Å². The van der Waals surface area contributed by atoms with E-state index in [2.05, 4.69) is 5.32 Å². The van der Waals surface area contributed by atoms with Crippen molar-refractivity contribution in [3.63, 3.8) is 0 Å². The van der Waals surface area contributed by atoms with Crippen LogP contribution >= 0.6 is 11.6 Å². The number of aliphatic hydroxyl groups excluding tert-OH is 1. The van der Waals surface area contributed by atoms with Crippen LogP contribution in [0.2, 0.25) is 5.02 Å². The molecule has 1 unspecified atom stereocenters. The van der Waals surface area contributed by atoms with Crippen LogP contribution in [-0.4, -0.2) is 35.7 Å². The maximum atomic E-state index is 13.0. The average molecular weight is 315 g/mol. The van der Waals surface area contributed by atoms with Crippen LogP contribution < -0.4 is 5.32 Å². The second-order valence-electron chi connectivity index (χ2n) is 5.45. The molecule has 1 saturated heterocycles. The lowest BCUT2D eigenvalue weighted by molar-refractivity contribution is 0.136. The van der Waals surface area contributed by atoms with Crippen LogP contribution in [0.15, 0.2) is 18.2 Å². The van der Waals surface area contributed by atoms with Gasteiger partial charge in [0.2, 0.25) is 0 Å². The fraction of sp³-hybridized carbons (Fsp3) is 0.533. The molecule has 6 heteroatoms. The van der Waals surface area contributed by atoms with Gasteiger partial charge in [-0.15, -0.1) is 0 Å². The van der Waals surface area contributed by atoms with Crippen molar-refractivity contribution in [3.05, 3.63) is 34.6 Å². The molecule has 1 heterocycles. The number of carbonyl (C=O) groups is 1. The van der Waals surface area contributed by atoms with E-state index in [0.717, 1.165) is 12.8 Å². The second kappa shape index (κ2) is 7.09. The van der Waals surface area contributed by atoms with Crippen molar-refractivity contribution in [3.8, 4) is 0 Å². The number of halogens is 2. The van der Waals surface area contributed by atoms with Gasteiger partial charge in [0.05, 0.1) is 6.04 Å². The number of hydrogen-bond acceptors (Lipinski definition) is 2. The molecule has 4 nitrogen and oxygen atoms in total. The maximum absolute atomic E-state index is 13.0. The van der Waals surface area contributed by atoms with Gasteiger partial charge in [0.15, 0.2) is 0 Å². The van der Waals surface area contributed by atoms with Crippen LogP contribution in [0.3, 0.4) is 0 Å². The van der Waals surface area contributed by atoms with Gasteiger partial charge in [0.25, 0.3) is 0 Å². The van der Waals surface area contributed by atoms with E-state index in [1.54, 1.807) is 11.0 Å². The highest BCUT2D eigenvalue weighted by Crippen LogP contribution is 2.24. The van der Waals surface area contributed by atoms with Crippen molar-refractivity contribution in [1.82, 2.24) is 10.2 Å². The average Bonchev–Trinajstić information content (AvgIpc) is 2.47. The van der Waals surface area contributed by atoms with Crippen LogP contribution in [0, 0.1) is 11.7 Å².